The van der Waals surface area contributed by atoms with Crippen molar-refractivity contribution in [2.24, 2.45) is 0 Å². The minimum Gasteiger partial charge on any atom is -0.309 e. The first kappa shape index (κ1) is 27.2. The van der Waals surface area contributed by atoms with Crippen molar-refractivity contribution in [3.63, 3.8) is 0 Å². The first-order valence-electron chi connectivity index (χ1n) is 16.9. The van der Waals surface area contributed by atoms with Crippen LogP contribution < -0.4 is 0 Å². The Hall–Kier alpha value is -5.92. The first-order chi connectivity index (χ1) is 23.6. The zero-order valence-corrected chi connectivity index (χ0v) is 27.0. The second kappa shape index (κ2) is 10.0. The summed E-state index contributed by atoms with van der Waals surface area (Å²) in [5, 5.41) is 7.66. The van der Waals surface area contributed by atoms with Crippen LogP contribution in [0.1, 0.15) is 25.0 Å². The summed E-state index contributed by atoms with van der Waals surface area (Å²) in [5.41, 5.74) is 14.1. The molecule has 9 aromatic rings. The standard InChI is InChI=1S/C47H33N/c1-47(2)41-23-13-11-20-34(41)35-26-25-31(27-42(35)47)46-37-22-10-9-19-33(37)38-28-39-36-21-12-14-24-43(36)48(32-17-7-4-8-18-32)44(39)29-40(38)45(46)30-15-5-3-6-16-30/h3-29H,1-2H3. The Bertz CT molecular complexity index is 2730. The molecule has 0 amide bonds. The highest BCUT2D eigenvalue weighted by Crippen LogP contribution is 2.52. The van der Waals surface area contributed by atoms with Crippen LogP contribution in [-0.4, -0.2) is 4.57 Å². The average Bonchev–Trinajstić information content (AvgIpc) is 3.58. The molecule has 0 atom stereocenters. The van der Waals surface area contributed by atoms with Crippen molar-refractivity contribution in [1.29, 1.82) is 0 Å². The molecule has 1 aliphatic rings. The minimum atomic E-state index is -0.0791. The number of rotatable bonds is 3. The largest absolute Gasteiger partial charge is 0.309 e. The molecule has 0 saturated carbocycles. The van der Waals surface area contributed by atoms with Crippen LogP contribution in [-0.2, 0) is 5.41 Å². The third-order valence-corrected chi connectivity index (χ3v) is 10.8. The zero-order chi connectivity index (χ0) is 32.0. The number of nitrogens with zero attached hydrogens (tertiary/aromatic N) is 1. The van der Waals surface area contributed by atoms with Gasteiger partial charge in [0.1, 0.15) is 0 Å². The quantitative estimate of drug-likeness (QED) is 0.175. The predicted octanol–water partition coefficient (Wildman–Crippen LogP) is 12.7. The van der Waals surface area contributed by atoms with Gasteiger partial charge in [-0.05, 0) is 102 Å². The lowest BCUT2D eigenvalue weighted by Crippen LogP contribution is -2.14. The molecule has 0 N–H and O–H groups in total. The second-order valence-electron chi connectivity index (χ2n) is 13.7. The average molecular weight is 612 g/mol. The molecule has 1 aliphatic carbocycles. The summed E-state index contributed by atoms with van der Waals surface area (Å²) in [5.74, 6) is 0. The van der Waals surface area contributed by atoms with Crippen molar-refractivity contribution in [1.82, 2.24) is 4.57 Å². The van der Waals surface area contributed by atoms with Crippen LogP contribution in [0.2, 0.25) is 0 Å². The van der Waals surface area contributed by atoms with Gasteiger partial charge >= 0.3 is 0 Å². The van der Waals surface area contributed by atoms with E-state index in [4.69, 9.17) is 0 Å². The minimum absolute atomic E-state index is 0.0791. The fourth-order valence-corrected chi connectivity index (χ4v) is 8.57. The van der Waals surface area contributed by atoms with Gasteiger partial charge in [-0.1, -0.05) is 141 Å². The molecule has 48 heavy (non-hydrogen) atoms. The van der Waals surface area contributed by atoms with Crippen LogP contribution in [0.5, 0.6) is 0 Å². The summed E-state index contributed by atoms with van der Waals surface area (Å²) >= 11 is 0. The Labute approximate surface area is 280 Å². The fourth-order valence-electron chi connectivity index (χ4n) is 8.57. The smallest absolute Gasteiger partial charge is 0.0547 e. The van der Waals surface area contributed by atoms with E-state index in [-0.39, 0.29) is 5.41 Å². The molecule has 10 rings (SSSR count). The van der Waals surface area contributed by atoms with Crippen molar-refractivity contribution in [2.75, 3.05) is 0 Å². The van der Waals surface area contributed by atoms with Crippen LogP contribution in [0.15, 0.2) is 164 Å². The molecule has 0 fully saturated rings. The summed E-state index contributed by atoms with van der Waals surface area (Å²) in [6, 6.07) is 60.7. The topological polar surface area (TPSA) is 4.93 Å². The molecule has 0 saturated heterocycles. The molecule has 1 heteroatoms. The summed E-state index contributed by atoms with van der Waals surface area (Å²) < 4.78 is 2.43. The van der Waals surface area contributed by atoms with Gasteiger partial charge in [-0.3, -0.25) is 0 Å². The zero-order valence-electron chi connectivity index (χ0n) is 27.0. The van der Waals surface area contributed by atoms with Crippen molar-refractivity contribution >= 4 is 43.4 Å². The highest BCUT2D eigenvalue weighted by molar-refractivity contribution is 6.26. The molecule has 0 radical (unpaired) electrons. The number of aromatic nitrogens is 1. The SMILES string of the molecule is CC1(C)c2ccccc2-c2ccc(-c3c(-c4ccccc4)c4cc5c(cc4c4ccccc34)c3ccccc3n5-c3ccccc3)cc21. The number of fused-ring (bicyclic) bond motifs is 9. The van der Waals surface area contributed by atoms with E-state index in [9.17, 15) is 0 Å². The number of benzene rings is 8. The van der Waals surface area contributed by atoms with Crippen LogP contribution in [0.3, 0.4) is 0 Å². The molecule has 8 aromatic carbocycles. The van der Waals surface area contributed by atoms with Gasteiger partial charge < -0.3 is 4.57 Å². The lowest BCUT2D eigenvalue weighted by Gasteiger charge is -2.23. The Morgan fingerprint density at radius 1 is 0.375 bits per heavy atom. The second-order valence-corrected chi connectivity index (χ2v) is 13.7. The predicted molar refractivity (Wildman–Crippen MR) is 204 cm³/mol. The number of hydrogen-bond donors (Lipinski definition) is 0. The van der Waals surface area contributed by atoms with Crippen molar-refractivity contribution in [3.05, 3.63) is 175 Å². The van der Waals surface area contributed by atoms with Gasteiger partial charge in [0, 0.05) is 21.9 Å². The lowest BCUT2D eigenvalue weighted by molar-refractivity contribution is 0.660. The van der Waals surface area contributed by atoms with Crippen LogP contribution in [0.4, 0.5) is 0 Å². The van der Waals surface area contributed by atoms with Gasteiger partial charge in [-0.15, -0.1) is 0 Å². The third-order valence-electron chi connectivity index (χ3n) is 10.8. The number of para-hydroxylation sites is 2. The van der Waals surface area contributed by atoms with Crippen molar-refractivity contribution in [2.45, 2.75) is 19.3 Å². The van der Waals surface area contributed by atoms with Gasteiger partial charge in [0.15, 0.2) is 0 Å². The van der Waals surface area contributed by atoms with Gasteiger partial charge in [0.05, 0.1) is 11.0 Å². The molecule has 1 heterocycles. The molecule has 0 unspecified atom stereocenters. The maximum Gasteiger partial charge on any atom is 0.0547 e. The fraction of sp³-hybridized carbons (Fsp3) is 0.0638. The van der Waals surface area contributed by atoms with E-state index in [2.05, 4.69) is 182 Å². The maximum atomic E-state index is 2.48. The van der Waals surface area contributed by atoms with E-state index < -0.39 is 0 Å². The van der Waals surface area contributed by atoms with Crippen LogP contribution >= 0.6 is 0 Å². The molecular formula is C47H33N. The number of hydrogen-bond acceptors (Lipinski definition) is 0. The Kier molecular flexibility index (Phi) is 5.69. The normalized spacial score (nSPS) is 13.4. The maximum absolute atomic E-state index is 2.48. The van der Waals surface area contributed by atoms with Crippen molar-refractivity contribution in [3.8, 4) is 39.1 Å². The van der Waals surface area contributed by atoms with E-state index in [0.29, 0.717) is 0 Å². The molecule has 226 valence electrons. The molecular weight excluding hydrogens is 579 g/mol. The van der Waals surface area contributed by atoms with Gasteiger partial charge in [-0.25, -0.2) is 0 Å². The monoisotopic (exact) mass is 611 g/mol. The van der Waals surface area contributed by atoms with Gasteiger partial charge in [0.25, 0.3) is 0 Å². The third kappa shape index (κ3) is 3.73. The van der Waals surface area contributed by atoms with Crippen LogP contribution in [0.25, 0.3) is 82.4 Å². The molecule has 1 nitrogen and oxygen atoms in total. The van der Waals surface area contributed by atoms with Crippen molar-refractivity contribution < 1.29 is 0 Å². The molecule has 1 aromatic heterocycles. The highest BCUT2D eigenvalue weighted by atomic mass is 15.0. The lowest BCUT2D eigenvalue weighted by atomic mass is 9.80. The summed E-state index contributed by atoms with van der Waals surface area (Å²) in [4.78, 5) is 0. The first-order valence-corrected chi connectivity index (χ1v) is 16.9. The summed E-state index contributed by atoms with van der Waals surface area (Å²) in [6.07, 6.45) is 0. The highest BCUT2D eigenvalue weighted by Gasteiger charge is 2.35. The summed E-state index contributed by atoms with van der Waals surface area (Å²) in [7, 11) is 0. The molecule has 0 bridgehead atoms. The van der Waals surface area contributed by atoms with E-state index in [0.717, 1.165) is 0 Å². The Morgan fingerprint density at radius 2 is 1.00 bits per heavy atom. The van der Waals surface area contributed by atoms with E-state index in [1.165, 1.54) is 93.5 Å². The summed E-state index contributed by atoms with van der Waals surface area (Å²) in [6.45, 7) is 4.74. The van der Waals surface area contributed by atoms with E-state index in [1.807, 2.05) is 0 Å². The van der Waals surface area contributed by atoms with Crippen LogP contribution in [0, 0.1) is 0 Å². The Balaban J connectivity index is 1.37. The van der Waals surface area contributed by atoms with Gasteiger partial charge in [-0.2, -0.15) is 0 Å². The van der Waals surface area contributed by atoms with E-state index in [1.54, 1.807) is 0 Å². The Morgan fingerprint density at radius 3 is 1.81 bits per heavy atom. The van der Waals surface area contributed by atoms with E-state index >= 15 is 0 Å². The molecule has 0 aliphatic heterocycles. The van der Waals surface area contributed by atoms with Gasteiger partial charge in [0.2, 0.25) is 0 Å². The molecule has 0 spiro atoms.